The molecule has 0 aliphatic heterocycles. The molecule has 8 aromatic rings. The predicted octanol–water partition coefficient (Wildman–Crippen LogP) is 10.3. The molecule has 0 amide bonds. The number of hydrogen-bond acceptors (Lipinski definition) is 12. The van der Waals surface area contributed by atoms with Crippen LogP contribution < -0.4 is 0 Å². The van der Waals surface area contributed by atoms with Gasteiger partial charge in [-0.2, -0.15) is 17.5 Å². The summed E-state index contributed by atoms with van der Waals surface area (Å²) in [5, 5.41) is 11.3. The van der Waals surface area contributed by atoms with Crippen LogP contribution in [0.4, 0.5) is 11.4 Å². The standard InChI is InChI=1S/C25H12N6S6/c1-11-8-20-21(33-11)10-18(35-20)13-3-5-15(25-23(13)29-37-31-25)27-26-14-4-2-12(22-24(14)30-36-28-22)17-9-19-16(34-17)6-7-32-19/h2-10H,1H3/b27-26+. The first kappa shape index (κ1) is 22.0. The lowest BCUT2D eigenvalue weighted by molar-refractivity contribution is 1.24. The molecular weight excluding hydrogens is 577 g/mol. The molecule has 8 rings (SSSR count). The Balaban J connectivity index is 1.18. The summed E-state index contributed by atoms with van der Waals surface area (Å²) in [5.74, 6) is 0. The van der Waals surface area contributed by atoms with Gasteiger partial charge in [0.05, 0.1) is 23.5 Å². The molecule has 12 heteroatoms. The number of azo groups is 1. The Morgan fingerprint density at radius 2 is 1.14 bits per heavy atom. The van der Waals surface area contributed by atoms with Gasteiger partial charge in [0.2, 0.25) is 0 Å². The molecule has 0 aliphatic rings. The van der Waals surface area contributed by atoms with E-state index < -0.39 is 0 Å². The fourth-order valence-electron chi connectivity index (χ4n) is 4.36. The maximum atomic E-state index is 4.60. The zero-order valence-corrected chi connectivity index (χ0v) is 23.7. The Hall–Kier alpha value is -3.00. The third kappa shape index (κ3) is 3.59. The number of rotatable bonds is 4. The highest BCUT2D eigenvalue weighted by atomic mass is 32.1. The molecule has 6 nitrogen and oxygen atoms in total. The molecule has 0 N–H and O–H groups in total. The van der Waals surface area contributed by atoms with Crippen LogP contribution in [0.1, 0.15) is 4.88 Å². The molecule has 37 heavy (non-hydrogen) atoms. The quantitative estimate of drug-likeness (QED) is 0.192. The minimum atomic E-state index is 0.695. The third-order valence-corrected chi connectivity index (χ3v) is 11.5. The van der Waals surface area contributed by atoms with Gasteiger partial charge in [0.1, 0.15) is 33.4 Å². The molecule has 0 saturated carbocycles. The van der Waals surface area contributed by atoms with Crippen LogP contribution in [0.15, 0.2) is 64.1 Å². The Bertz CT molecular complexity index is 2070. The van der Waals surface area contributed by atoms with Gasteiger partial charge in [0, 0.05) is 44.6 Å². The zero-order valence-electron chi connectivity index (χ0n) is 18.8. The van der Waals surface area contributed by atoms with Gasteiger partial charge in [-0.3, -0.25) is 0 Å². The molecule has 6 heterocycles. The first-order valence-electron chi connectivity index (χ1n) is 11.1. The number of aromatic nitrogens is 4. The molecule has 2 aromatic carbocycles. The molecule has 178 valence electrons. The van der Waals surface area contributed by atoms with E-state index >= 15 is 0 Å². The zero-order chi connectivity index (χ0) is 24.5. The fraction of sp³-hybridized carbons (Fsp3) is 0.0400. The molecule has 0 fully saturated rings. The van der Waals surface area contributed by atoms with E-state index in [1.54, 1.807) is 34.0 Å². The van der Waals surface area contributed by atoms with E-state index in [0.717, 1.165) is 33.2 Å². The van der Waals surface area contributed by atoms with Crippen molar-refractivity contribution in [1.82, 2.24) is 17.5 Å². The van der Waals surface area contributed by atoms with Crippen molar-refractivity contribution in [3.63, 3.8) is 0 Å². The summed E-state index contributed by atoms with van der Waals surface area (Å²) < 4.78 is 23.5. The van der Waals surface area contributed by atoms with Gasteiger partial charge >= 0.3 is 0 Å². The SMILES string of the molecule is Cc1cc2sc(-c3ccc(/N=N/c4ccc(-c5cc6sccc6s5)c5nsnc45)c4nsnc34)cc2s1. The molecule has 0 unspecified atom stereocenters. The number of nitrogens with zero attached hydrogens (tertiary/aromatic N) is 6. The van der Waals surface area contributed by atoms with E-state index in [0.29, 0.717) is 11.4 Å². The van der Waals surface area contributed by atoms with Crippen molar-refractivity contribution in [3.05, 3.63) is 58.8 Å². The van der Waals surface area contributed by atoms with Crippen LogP contribution in [0.5, 0.6) is 0 Å². The Morgan fingerprint density at radius 1 is 0.568 bits per heavy atom. The van der Waals surface area contributed by atoms with Crippen LogP contribution >= 0.6 is 68.8 Å². The van der Waals surface area contributed by atoms with Crippen LogP contribution in [0.25, 0.3) is 61.7 Å². The summed E-state index contributed by atoms with van der Waals surface area (Å²) in [7, 11) is 0. The summed E-state index contributed by atoms with van der Waals surface area (Å²) in [6.07, 6.45) is 0. The van der Waals surface area contributed by atoms with E-state index in [1.807, 2.05) is 23.5 Å². The average molecular weight is 589 g/mol. The maximum Gasteiger partial charge on any atom is 0.132 e. The first-order chi connectivity index (χ1) is 18.2. The van der Waals surface area contributed by atoms with E-state index in [2.05, 4.69) is 76.4 Å². The highest BCUT2D eigenvalue weighted by Crippen LogP contribution is 2.43. The number of thiophene rings is 4. The summed E-state index contributed by atoms with van der Waals surface area (Å²) in [4.78, 5) is 3.72. The normalized spacial score (nSPS) is 12.4. The third-order valence-electron chi connectivity index (χ3n) is 6.05. The Labute approximate surface area is 233 Å². The van der Waals surface area contributed by atoms with Crippen LogP contribution in [0.2, 0.25) is 0 Å². The number of aryl methyl sites for hydroxylation is 1. The van der Waals surface area contributed by atoms with Gasteiger partial charge < -0.3 is 0 Å². The summed E-state index contributed by atoms with van der Waals surface area (Å²) in [6, 6.07) is 17.0. The van der Waals surface area contributed by atoms with Gasteiger partial charge in [0.15, 0.2) is 0 Å². The van der Waals surface area contributed by atoms with E-state index in [4.69, 9.17) is 0 Å². The lowest BCUT2D eigenvalue weighted by Gasteiger charge is -2.02. The van der Waals surface area contributed by atoms with E-state index in [9.17, 15) is 0 Å². The van der Waals surface area contributed by atoms with Crippen molar-refractivity contribution in [1.29, 1.82) is 0 Å². The highest BCUT2D eigenvalue weighted by molar-refractivity contribution is 7.29. The van der Waals surface area contributed by atoms with Gasteiger partial charge in [-0.1, -0.05) is 0 Å². The smallest absolute Gasteiger partial charge is 0.132 e. The largest absolute Gasteiger partial charge is 0.172 e. The maximum absolute atomic E-state index is 4.60. The van der Waals surface area contributed by atoms with E-state index in [1.165, 1.54) is 56.9 Å². The second-order valence-electron chi connectivity index (χ2n) is 8.34. The topological polar surface area (TPSA) is 76.3 Å². The molecule has 0 saturated heterocycles. The van der Waals surface area contributed by atoms with Crippen molar-refractivity contribution in [3.8, 4) is 20.9 Å². The van der Waals surface area contributed by atoms with Crippen molar-refractivity contribution in [2.75, 3.05) is 0 Å². The second kappa shape index (κ2) is 8.51. The molecule has 0 aliphatic carbocycles. The second-order valence-corrected chi connectivity index (χ2v) is 13.8. The minimum absolute atomic E-state index is 0.695. The molecule has 0 spiro atoms. The highest BCUT2D eigenvalue weighted by Gasteiger charge is 2.17. The lowest BCUT2D eigenvalue weighted by atomic mass is 10.1. The summed E-state index contributed by atoms with van der Waals surface area (Å²) in [6.45, 7) is 2.15. The molecule has 6 aromatic heterocycles. The number of hydrogen-bond donors (Lipinski definition) is 0. The predicted molar refractivity (Wildman–Crippen MR) is 161 cm³/mol. The molecular formula is C25H12N6S6. The fourth-order valence-corrected chi connectivity index (χ4v) is 9.98. The van der Waals surface area contributed by atoms with E-state index in [-0.39, 0.29) is 0 Å². The van der Waals surface area contributed by atoms with Gasteiger partial charge in [-0.25, -0.2) is 0 Å². The summed E-state index contributed by atoms with van der Waals surface area (Å²) in [5.41, 5.74) is 6.81. The minimum Gasteiger partial charge on any atom is -0.172 e. The number of benzene rings is 2. The molecule has 0 bridgehead atoms. The number of fused-ring (bicyclic) bond motifs is 4. The molecule has 0 radical (unpaired) electrons. The van der Waals surface area contributed by atoms with Gasteiger partial charge in [-0.15, -0.1) is 55.6 Å². The average Bonchev–Trinajstić information content (AvgIpc) is 3.69. The monoisotopic (exact) mass is 588 g/mol. The van der Waals surface area contributed by atoms with Crippen molar-refractivity contribution >= 4 is 121 Å². The van der Waals surface area contributed by atoms with Crippen LogP contribution in [-0.4, -0.2) is 17.5 Å². The van der Waals surface area contributed by atoms with Crippen LogP contribution in [0.3, 0.4) is 0 Å². The summed E-state index contributed by atoms with van der Waals surface area (Å²) >= 11 is 9.55. The van der Waals surface area contributed by atoms with Gasteiger partial charge in [0.25, 0.3) is 0 Å². The first-order valence-corrected chi connectivity index (χ1v) is 15.9. The van der Waals surface area contributed by atoms with Crippen molar-refractivity contribution < 1.29 is 0 Å². The van der Waals surface area contributed by atoms with Crippen LogP contribution in [0, 0.1) is 6.92 Å². The van der Waals surface area contributed by atoms with Crippen LogP contribution in [-0.2, 0) is 0 Å². The lowest BCUT2D eigenvalue weighted by Crippen LogP contribution is -1.80. The van der Waals surface area contributed by atoms with Crippen molar-refractivity contribution in [2.24, 2.45) is 10.2 Å². The van der Waals surface area contributed by atoms with Gasteiger partial charge in [-0.05, 0) is 60.8 Å². The van der Waals surface area contributed by atoms with Crippen molar-refractivity contribution in [2.45, 2.75) is 6.92 Å². The Kier molecular flexibility index (Phi) is 5.07. The Morgan fingerprint density at radius 3 is 1.76 bits per heavy atom. The molecule has 0 atom stereocenters.